The number of fused-ring (bicyclic) bond motifs is 2. The van der Waals surface area contributed by atoms with E-state index < -0.39 is 11.5 Å². The smallest absolute Gasteiger partial charge is 0.349 e. The van der Waals surface area contributed by atoms with Crippen LogP contribution in [-0.4, -0.2) is 18.4 Å². The Bertz CT molecular complexity index is 1190. The highest BCUT2D eigenvalue weighted by molar-refractivity contribution is 6.06. The summed E-state index contributed by atoms with van der Waals surface area (Å²) in [5, 5.41) is 3.47. The minimum atomic E-state index is -0.676. The van der Waals surface area contributed by atoms with Crippen molar-refractivity contribution in [3.63, 3.8) is 0 Å². The molecular weight excluding hydrogens is 368 g/mol. The summed E-state index contributed by atoms with van der Waals surface area (Å²) in [5.41, 5.74) is 2.23. The minimum Gasteiger partial charge on any atom is -0.422 e. The molecule has 0 bridgehead atoms. The van der Waals surface area contributed by atoms with E-state index >= 15 is 0 Å². The zero-order valence-corrected chi connectivity index (χ0v) is 15.8. The molecule has 5 rings (SSSR count). The van der Waals surface area contributed by atoms with Gasteiger partial charge >= 0.3 is 5.63 Å². The number of anilines is 2. The third kappa shape index (κ3) is 3.31. The number of carbonyl (C=O) groups is 2. The molecule has 2 heterocycles. The van der Waals surface area contributed by atoms with Crippen LogP contribution < -0.4 is 15.8 Å². The Hall–Kier alpha value is -3.41. The number of aryl methyl sites for hydroxylation is 1. The van der Waals surface area contributed by atoms with Crippen molar-refractivity contribution in [1.29, 1.82) is 0 Å². The first-order chi connectivity index (χ1) is 14.1. The summed E-state index contributed by atoms with van der Waals surface area (Å²) in [5.74, 6) is -0.216. The molecule has 146 valence electrons. The molecule has 29 heavy (non-hydrogen) atoms. The summed E-state index contributed by atoms with van der Waals surface area (Å²) in [4.78, 5) is 39.4. The largest absolute Gasteiger partial charge is 0.422 e. The van der Waals surface area contributed by atoms with E-state index in [1.54, 1.807) is 18.2 Å². The van der Waals surface area contributed by atoms with Crippen LogP contribution in [0.25, 0.3) is 11.0 Å². The molecule has 2 amide bonds. The van der Waals surface area contributed by atoms with Crippen molar-refractivity contribution in [3.8, 4) is 0 Å². The lowest BCUT2D eigenvalue weighted by molar-refractivity contribution is -0.119. The van der Waals surface area contributed by atoms with Gasteiger partial charge in [-0.2, -0.15) is 0 Å². The van der Waals surface area contributed by atoms with Crippen LogP contribution in [0.2, 0.25) is 0 Å². The van der Waals surface area contributed by atoms with Crippen molar-refractivity contribution in [2.75, 3.05) is 16.8 Å². The highest BCUT2D eigenvalue weighted by Crippen LogP contribution is 2.37. The molecule has 0 unspecified atom stereocenters. The van der Waals surface area contributed by atoms with Gasteiger partial charge in [0.05, 0.1) is 0 Å². The molecule has 6 nitrogen and oxygen atoms in total. The second-order valence-corrected chi connectivity index (χ2v) is 7.65. The number of rotatable bonds is 3. The monoisotopic (exact) mass is 388 g/mol. The first kappa shape index (κ1) is 17.7. The fourth-order valence-corrected chi connectivity index (χ4v) is 3.85. The first-order valence-corrected chi connectivity index (χ1v) is 9.89. The van der Waals surface area contributed by atoms with E-state index in [1.165, 1.54) is 6.07 Å². The average molecular weight is 388 g/mol. The van der Waals surface area contributed by atoms with Crippen LogP contribution in [0.1, 0.15) is 35.2 Å². The summed E-state index contributed by atoms with van der Waals surface area (Å²) < 4.78 is 5.25. The molecule has 1 aromatic heterocycles. The lowest BCUT2D eigenvalue weighted by Gasteiger charge is -2.30. The number of nitrogens with one attached hydrogen (secondary N) is 1. The fraction of sp³-hybridized carbons (Fsp3) is 0.261. The molecular formula is C23H20N2O4. The Morgan fingerprint density at radius 3 is 2.72 bits per heavy atom. The summed E-state index contributed by atoms with van der Waals surface area (Å²) in [7, 11) is 0. The molecule has 1 N–H and O–H groups in total. The van der Waals surface area contributed by atoms with Crippen LogP contribution >= 0.6 is 0 Å². The van der Waals surface area contributed by atoms with Crippen molar-refractivity contribution < 1.29 is 14.0 Å². The summed E-state index contributed by atoms with van der Waals surface area (Å²) in [6, 6.07) is 14.2. The maximum absolute atomic E-state index is 12.7. The maximum atomic E-state index is 12.7. The molecule has 2 aliphatic rings. The molecule has 1 aliphatic heterocycles. The van der Waals surface area contributed by atoms with Crippen LogP contribution in [0.4, 0.5) is 11.4 Å². The maximum Gasteiger partial charge on any atom is 0.349 e. The van der Waals surface area contributed by atoms with Crippen LogP contribution in [0.15, 0.2) is 57.7 Å². The Balaban J connectivity index is 1.44. The zero-order valence-electron chi connectivity index (χ0n) is 15.8. The molecule has 3 aromatic rings. The van der Waals surface area contributed by atoms with Gasteiger partial charge in [0.1, 0.15) is 11.1 Å². The lowest BCUT2D eigenvalue weighted by atomic mass is 10.0. The Labute approximate surface area is 167 Å². The van der Waals surface area contributed by atoms with Crippen molar-refractivity contribution in [3.05, 3.63) is 70.1 Å². The SMILES string of the molecule is O=C(Nc1ccc2c(c1)N(C(=O)C1CC1)CCC2)c1cc2ccccc2oc1=O. The van der Waals surface area contributed by atoms with Crippen molar-refractivity contribution in [2.45, 2.75) is 25.7 Å². The molecule has 2 aromatic carbocycles. The highest BCUT2D eigenvalue weighted by Gasteiger charge is 2.35. The van der Waals surface area contributed by atoms with E-state index in [0.29, 0.717) is 23.2 Å². The van der Waals surface area contributed by atoms with Crippen LogP contribution in [0, 0.1) is 5.92 Å². The number of hydrogen-bond donors (Lipinski definition) is 1. The standard InChI is InChI=1S/C23H20N2O4/c26-21(18-12-16-4-1-2-6-20(16)29-23(18)28)24-17-10-9-14-5-3-11-25(19(14)13-17)22(27)15-7-8-15/h1-2,4,6,9-10,12-13,15H,3,5,7-8,11H2,(H,24,26). The van der Waals surface area contributed by atoms with Crippen molar-refractivity contribution >= 4 is 34.2 Å². The van der Waals surface area contributed by atoms with Gasteiger partial charge in [0, 0.05) is 29.2 Å². The quantitative estimate of drug-likeness (QED) is 0.694. The normalized spacial score (nSPS) is 15.8. The number of para-hydroxylation sites is 1. The molecule has 0 saturated heterocycles. The van der Waals surface area contributed by atoms with Crippen LogP contribution in [-0.2, 0) is 11.2 Å². The Kier molecular flexibility index (Phi) is 4.19. The highest BCUT2D eigenvalue weighted by atomic mass is 16.4. The summed E-state index contributed by atoms with van der Waals surface area (Å²) in [6.07, 6.45) is 3.76. The molecule has 1 aliphatic carbocycles. The predicted molar refractivity (Wildman–Crippen MR) is 110 cm³/mol. The second kappa shape index (κ2) is 6.88. The number of nitrogens with zero attached hydrogens (tertiary/aromatic N) is 1. The molecule has 1 fully saturated rings. The van der Waals surface area contributed by atoms with E-state index in [4.69, 9.17) is 4.42 Å². The molecule has 0 spiro atoms. The van der Waals surface area contributed by atoms with Gasteiger partial charge in [0.15, 0.2) is 0 Å². The van der Waals surface area contributed by atoms with Gasteiger partial charge in [0.2, 0.25) is 5.91 Å². The third-order valence-electron chi connectivity index (χ3n) is 5.54. The Morgan fingerprint density at radius 2 is 1.90 bits per heavy atom. The van der Waals surface area contributed by atoms with Crippen molar-refractivity contribution in [2.24, 2.45) is 5.92 Å². The molecule has 1 saturated carbocycles. The third-order valence-corrected chi connectivity index (χ3v) is 5.54. The molecule has 0 atom stereocenters. The van der Waals surface area contributed by atoms with Gasteiger partial charge in [-0.3, -0.25) is 9.59 Å². The average Bonchev–Trinajstić information content (AvgIpc) is 3.57. The number of amides is 2. The topological polar surface area (TPSA) is 79.6 Å². The molecule has 0 radical (unpaired) electrons. The van der Waals surface area contributed by atoms with E-state index in [2.05, 4.69) is 5.32 Å². The van der Waals surface area contributed by atoms with Gasteiger partial charge in [-0.05, 0) is 55.5 Å². The first-order valence-electron chi connectivity index (χ1n) is 9.89. The van der Waals surface area contributed by atoms with Gasteiger partial charge in [-0.1, -0.05) is 24.3 Å². The second-order valence-electron chi connectivity index (χ2n) is 7.65. The van der Waals surface area contributed by atoms with Gasteiger partial charge in [-0.25, -0.2) is 4.79 Å². The Morgan fingerprint density at radius 1 is 1.07 bits per heavy atom. The zero-order chi connectivity index (χ0) is 20.0. The van der Waals surface area contributed by atoms with Crippen molar-refractivity contribution in [1.82, 2.24) is 0 Å². The van der Waals surface area contributed by atoms with E-state index in [1.807, 2.05) is 29.2 Å². The fourth-order valence-electron chi connectivity index (χ4n) is 3.85. The lowest BCUT2D eigenvalue weighted by Crippen LogP contribution is -2.36. The number of hydrogen-bond acceptors (Lipinski definition) is 4. The summed E-state index contributed by atoms with van der Waals surface area (Å²) >= 11 is 0. The summed E-state index contributed by atoms with van der Waals surface area (Å²) in [6.45, 7) is 0.702. The van der Waals surface area contributed by atoms with Gasteiger partial charge in [-0.15, -0.1) is 0 Å². The van der Waals surface area contributed by atoms with Gasteiger partial charge in [0.25, 0.3) is 5.91 Å². The van der Waals surface area contributed by atoms with Crippen LogP contribution in [0.3, 0.4) is 0 Å². The predicted octanol–water partition coefficient (Wildman–Crippen LogP) is 3.73. The van der Waals surface area contributed by atoms with Crippen LogP contribution in [0.5, 0.6) is 0 Å². The minimum absolute atomic E-state index is 0.0488. The van der Waals surface area contributed by atoms with E-state index in [9.17, 15) is 14.4 Å². The van der Waals surface area contributed by atoms with E-state index in [0.717, 1.165) is 36.9 Å². The van der Waals surface area contributed by atoms with E-state index in [-0.39, 0.29) is 17.4 Å². The number of benzene rings is 2. The number of carbonyl (C=O) groups excluding carboxylic acids is 2. The van der Waals surface area contributed by atoms with Gasteiger partial charge < -0.3 is 14.6 Å². The molecule has 6 heteroatoms.